The SMILES string of the molecule is CCOC(=O)NC(=S)Nc1n[nH]c(-c2ccccc2)c1C. The van der Waals surface area contributed by atoms with Gasteiger partial charge in [-0.3, -0.25) is 10.4 Å². The minimum absolute atomic E-state index is 0.141. The molecule has 21 heavy (non-hydrogen) atoms. The van der Waals surface area contributed by atoms with Gasteiger partial charge in [0.15, 0.2) is 10.9 Å². The smallest absolute Gasteiger partial charge is 0.413 e. The third-order valence-corrected chi connectivity index (χ3v) is 3.00. The highest BCUT2D eigenvalue weighted by Crippen LogP contribution is 2.25. The standard InChI is InChI=1S/C14H16N4O2S/c1-3-20-14(19)16-13(21)15-12-9(2)11(17-18-12)10-7-5-4-6-8-10/h4-8H,3H2,1-2H3,(H3,15,16,17,18,19,21). The van der Waals surface area contributed by atoms with E-state index in [0.717, 1.165) is 16.8 Å². The molecule has 1 aromatic carbocycles. The van der Waals surface area contributed by atoms with Gasteiger partial charge in [-0.05, 0) is 31.6 Å². The van der Waals surface area contributed by atoms with Crippen molar-refractivity contribution < 1.29 is 9.53 Å². The van der Waals surface area contributed by atoms with Crippen LogP contribution in [0.15, 0.2) is 30.3 Å². The summed E-state index contributed by atoms with van der Waals surface area (Å²) in [6.07, 6.45) is -0.591. The first kappa shape index (κ1) is 15.0. The fraction of sp³-hybridized carbons (Fsp3) is 0.214. The molecule has 110 valence electrons. The lowest BCUT2D eigenvalue weighted by atomic mass is 10.1. The maximum Gasteiger partial charge on any atom is 0.413 e. The Morgan fingerprint density at radius 3 is 2.76 bits per heavy atom. The van der Waals surface area contributed by atoms with Crippen molar-refractivity contribution in [3.05, 3.63) is 35.9 Å². The first-order valence-corrected chi connectivity index (χ1v) is 6.87. The van der Waals surface area contributed by atoms with Gasteiger partial charge >= 0.3 is 6.09 Å². The van der Waals surface area contributed by atoms with Crippen LogP contribution in [0, 0.1) is 6.92 Å². The lowest BCUT2D eigenvalue weighted by Gasteiger charge is -2.08. The number of benzene rings is 1. The van der Waals surface area contributed by atoms with Crippen molar-refractivity contribution in [2.75, 3.05) is 11.9 Å². The van der Waals surface area contributed by atoms with Crippen LogP contribution in [0.3, 0.4) is 0 Å². The summed E-state index contributed by atoms with van der Waals surface area (Å²) in [6.45, 7) is 3.93. The molecule has 2 aromatic rings. The van der Waals surface area contributed by atoms with Crippen molar-refractivity contribution in [1.29, 1.82) is 0 Å². The Labute approximate surface area is 127 Å². The third-order valence-electron chi connectivity index (χ3n) is 2.80. The van der Waals surface area contributed by atoms with Crippen molar-refractivity contribution in [1.82, 2.24) is 15.5 Å². The average Bonchev–Trinajstić information content (AvgIpc) is 2.81. The highest BCUT2D eigenvalue weighted by atomic mass is 32.1. The van der Waals surface area contributed by atoms with E-state index in [1.807, 2.05) is 37.3 Å². The summed E-state index contributed by atoms with van der Waals surface area (Å²) in [5.74, 6) is 0.565. The molecule has 0 atom stereocenters. The number of anilines is 1. The average molecular weight is 304 g/mol. The van der Waals surface area contributed by atoms with Gasteiger partial charge in [0.2, 0.25) is 0 Å². The zero-order chi connectivity index (χ0) is 15.2. The van der Waals surface area contributed by atoms with Crippen molar-refractivity contribution in [3.8, 4) is 11.3 Å². The number of nitrogens with one attached hydrogen (secondary N) is 3. The number of aromatic amines is 1. The molecule has 2 rings (SSSR count). The van der Waals surface area contributed by atoms with Crippen LogP contribution < -0.4 is 10.6 Å². The number of H-pyrrole nitrogens is 1. The molecular formula is C14H16N4O2S. The minimum Gasteiger partial charge on any atom is -0.450 e. The maximum atomic E-state index is 11.3. The molecule has 0 bridgehead atoms. The second-order valence-electron chi connectivity index (χ2n) is 4.24. The molecule has 0 saturated heterocycles. The summed E-state index contributed by atoms with van der Waals surface area (Å²) in [4.78, 5) is 11.3. The zero-order valence-electron chi connectivity index (χ0n) is 11.8. The predicted molar refractivity (Wildman–Crippen MR) is 85.1 cm³/mol. The molecule has 0 aliphatic carbocycles. The number of ether oxygens (including phenoxy) is 1. The van der Waals surface area contributed by atoms with E-state index >= 15 is 0 Å². The Morgan fingerprint density at radius 1 is 1.38 bits per heavy atom. The molecule has 1 heterocycles. The monoisotopic (exact) mass is 304 g/mol. The normalized spacial score (nSPS) is 10.0. The third kappa shape index (κ3) is 3.79. The molecular weight excluding hydrogens is 288 g/mol. The van der Waals surface area contributed by atoms with Crippen molar-refractivity contribution in [3.63, 3.8) is 0 Å². The zero-order valence-corrected chi connectivity index (χ0v) is 12.6. The molecule has 6 nitrogen and oxygen atoms in total. The highest BCUT2D eigenvalue weighted by molar-refractivity contribution is 7.80. The van der Waals surface area contributed by atoms with Crippen LogP contribution in [0.5, 0.6) is 0 Å². The van der Waals surface area contributed by atoms with E-state index in [1.54, 1.807) is 6.92 Å². The highest BCUT2D eigenvalue weighted by Gasteiger charge is 2.12. The molecule has 0 unspecified atom stereocenters. The molecule has 1 amide bonds. The van der Waals surface area contributed by atoms with Gasteiger partial charge in [0, 0.05) is 5.56 Å². The number of amides is 1. The lowest BCUT2D eigenvalue weighted by molar-refractivity contribution is 0.158. The Hall–Kier alpha value is -2.41. The molecule has 0 spiro atoms. The van der Waals surface area contributed by atoms with E-state index < -0.39 is 6.09 Å². The van der Waals surface area contributed by atoms with E-state index in [9.17, 15) is 4.79 Å². The van der Waals surface area contributed by atoms with Gasteiger partial charge in [-0.15, -0.1) is 0 Å². The topological polar surface area (TPSA) is 79.0 Å². The molecule has 0 fully saturated rings. The van der Waals surface area contributed by atoms with E-state index in [4.69, 9.17) is 17.0 Å². The van der Waals surface area contributed by atoms with Crippen LogP contribution in [0.1, 0.15) is 12.5 Å². The molecule has 1 aromatic heterocycles. The fourth-order valence-electron chi connectivity index (χ4n) is 1.80. The van der Waals surface area contributed by atoms with Gasteiger partial charge in [-0.2, -0.15) is 5.10 Å². The molecule has 0 aliphatic rings. The van der Waals surface area contributed by atoms with Crippen LogP contribution in [0.2, 0.25) is 0 Å². The number of aromatic nitrogens is 2. The number of thiocarbonyl (C=S) groups is 1. The number of nitrogens with zero attached hydrogens (tertiary/aromatic N) is 1. The van der Waals surface area contributed by atoms with Gasteiger partial charge in [0.1, 0.15) is 0 Å². The number of rotatable bonds is 3. The van der Waals surface area contributed by atoms with Gasteiger partial charge < -0.3 is 10.1 Å². The number of alkyl carbamates (subject to hydrolysis) is 1. The van der Waals surface area contributed by atoms with Gasteiger partial charge in [-0.1, -0.05) is 30.3 Å². The summed E-state index contributed by atoms with van der Waals surface area (Å²) in [7, 11) is 0. The Kier molecular flexibility index (Phi) is 4.89. The van der Waals surface area contributed by atoms with Crippen molar-refractivity contribution in [2.45, 2.75) is 13.8 Å². The number of hydrogen-bond acceptors (Lipinski definition) is 4. The van der Waals surface area contributed by atoms with E-state index in [-0.39, 0.29) is 11.7 Å². The molecule has 7 heteroatoms. The fourth-order valence-corrected chi connectivity index (χ4v) is 1.98. The van der Waals surface area contributed by atoms with Crippen LogP contribution in [0.4, 0.5) is 10.6 Å². The van der Waals surface area contributed by atoms with Gasteiger partial charge in [0.25, 0.3) is 0 Å². The van der Waals surface area contributed by atoms with E-state index in [1.165, 1.54) is 0 Å². The number of carbonyl (C=O) groups excluding carboxylic acids is 1. The molecule has 0 radical (unpaired) electrons. The summed E-state index contributed by atoms with van der Waals surface area (Å²) in [5, 5.41) is 12.5. The van der Waals surface area contributed by atoms with E-state index in [0.29, 0.717) is 5.82 Å². The first-order chi connectivity index (χ1) is 10.1. The van der Waals surface area contributed by atoms with Gasteiger partial charge in [0.05, 0.1) is 12.3 Å². The predicted octanol–water partition coefficient (Wildman–Crippen LogP) is 2.83. The molecule has 0 aliphatic heterocycles. The van der Waals surface area contributed by atoms with Gasteiger partial charge in [-0.25, -0.2) is 4.79 Å². The molecule has 3 N–H and O–H groups in total. The summed E-state index contributed by atoms with van der Waals surface area (Å²) < 4.78 is 4.75. The Morgan fingerprint density at radius 2 is 2.10 bits per heavy atom. The largest absolute Gasteiger partial charge is 0.450 e. The second-order valence-corrected chi connectivity index (χ2v) is 4.65. The van der Waals surface area contributed by atoms with E-state index in [2.05, 4.69) is 20.8 Å². The second kappa shape index (κ2) is 6.85. The Bertz CT molecular complexity index is 640. The van der Waals surface area contributed by atoms with Crippen molar-refractivity contribution in [2.24, 2.45) is 0 Å². The Balaban J connectivity index is 2.07. The maximum absolute atomic E-state index is 11.3. The first-order valence-electron chi connectivity index (χ1n) is 6.47. The summed E-state index contributed by atoms with van der Waals surface area (Å²) >= 11 is 5.04. The van der Waals surface area contributed by atoms with Crippen LogP contribution in [0.25, 0.3) is 11.3 Å². The summed E-state index contributed by atoms with van der Waals surface area (Å²) in [5.41, 5.74) is 2.84. The van der Waals surface area contributed by atoms with Crippen LogP contribution >= 0.6 is 12.2 Å². The number of carbonyl (C=O) groups is 1. The summed E-state index contributed by atoms with van der Waals surface area (Å²) in [6, 6.07) is 9.83. The molecule has 0 saturated carbocycles. The van der Waals surface area contributed by atoms with Crippen LogP contribution in [-0.2, 0) is 4.74 Å². The van der Waals surface area contributed by atoms with Crippen LogP contribution in [-0.4, -0.2) is 28.0 Å². The van der Waals surface area contributed by atoms with Crippen molar-refractivity contribution >= 4 is 29.2 Å². The quantitative estimate of drug-likeness (QED) is 0.760. The number of hydrogen-bond donors (Lipinski definition) is 3. The minimum atomic E-state index is -0.591. The lowest BCUT2D eigenvalue weighted by Crippen LogP contribution is -2.34.